The summed E-state index contributed by atoms with van der Waals surface area (Å²) >= 11 is 0. The summed E-state index contributed by atoms with van der Waals surface area (Å²) in [6.45, 7) is 3.16. The molecule has 3 rings (SSSR count). The molecule has 114 valence electrons. The van der Waals surface area contributed by atoms with Crippen LogP contribution < -0.4 is 0 Å². The Balaban J connectivity index is 1.64. The molecule has 1 fully saturated rings. The summed E-state index contributed by atoms with van der Waals surface area (Å²) in [7, 11) is 0. The molecule has 0 aliphatic carbocycles. The number of rotatable bonds is 5. The van der Waals surface area contributed by atoms with Gasteiger partial charge in [-0.25, -0.2) is 0 Å². The molecule has 1 atom stereocenters. The molecule has 0 radical (unpaired) electrons. The van der Waals surface area contributed by atoms with Gasteiger partial charge in [0.1, 0.15) is 6.10 Å². The predicted molar refractivity (Wildman–Crippen MR) is 79.7 cm³/mol. The van der Waals surface area contributed by atoms with E-state index in [1.807, 2.05) is 30.3 Å². The van der Waals surface area contributed by atoms with Crippen LogP contribution in [0.2, 0.25) is 0 Å². The highest BCUT2D eigenvalue weighted by molar-refractivity contribution is 5.52. The Morgan fingerprint density at radius 2 is 2.18 bits per heavy atom. The van der Waals surface area contributed by atoms with E-state index in [2.05, 4.69) is 21.1 Å². The van der Waals surface area contributed by atoms with E-state index in [9.17, 15) is 0 Å². The number of hydrogen-bond acceptors (Lipinski definition) is 6. The van der Waals surface area contributed by atoms with Crippen LogP contribution in [0.15, 0.2) is 34.9 Å². The minimum absolute atomic E-state index is 0.169. The van der Waals surface area contributed by atoms with Gasteiger partial charge in [-0.1, -0.05) is 23.4 Å². The maximum atomic E-state index is 8.61. The zero-order valence-electron chi connectivity index (χ0n) is 12.3. The molecule has 2 aromatic rings. The van der Waals surface area contributed by atoms with Gasteiger partial charge >= 0.3 is 0 Å². The van der Waals surface area contributed by atoms with E-state index in [-0.39, 0.29) is 6.10 Å². The second-order valence-corrected chi connectivity index (χ2v) is 5.25. The number of benzene rings is 1. The smallest absolute Gasteiger partial charge is 0.258 e. The number of nitrogens with zero attached hydrogens (tertiary/aromatic N) is 4. The predicted octanol–water partition coefficient (Wildman–Crippen LogP) is 2.41. The van der Waals surface area contributed by atoms with Gasteiger partial charge in [0.2, 0.25) is 5.82 Å². The second-order valence-electron chi connectivity index (χ2n) is 5.25. The van der Waals surface area contributed by atoms with Crippen molar-refractivity contribution in [2.24, 2.45) is 0 Å². The third-order valence-electron chi connectivity index (χ3n) is 3.66. The topological polar surface area (TPSA) is 75.2 Å². The molecule has 0 bridgehead atoms. The largest absolute Gasteiger partial charge is 0.367 e. The molecule has 0 saturated carbocycles. The highest BCUT2D eigenvalue weighted by atomic mass is 16.5. The monoisotopic (exact) mass is 298 g/mol. The Kier molecular flexibility index (Phi) is 4.78. The van der Waals surface area contributed by atoms with Crippen molar-refractivity contribution >= 4 is 0 Å². The highest BCUT2D eigenvalue weighted by Crippen LogP contribution is 2.23. The van der Waals surface area contributed by atoms with Crippen molar-refractivity contribution in [2.75, 3.05) is 26.2 Å². The molecule has 2 heterocycles. The lowest BCUT2D eigenvalue weighted by Crippen LogP contribution is -2.39. The van der Waals surface area contributed by atoms with Crippen LogP contribution >= 0.6 is 0 Å². The molecule has 1 aliphatic rings. The number of aromatic nitrogens is 2. The van der Waals surface area contributed by atoms with Gasteiger partial charge in [0.15, 0.2) is 0 Å². The van der Waals surface area contributed by atoms with Gasteiger partial charge in [-0.3, -0.25) is 4.90 Å². The first-order valence-electron chi connectivity index (χ1n) is 7.47. The molecular formula is C16H18N4O2. The van der Waals surface area contributed by atoms with E-state index in [4.69, 9.17) is 14.5 Å². The number of morpholine rings is 1. The summed E-state index contributed by atoms with van der Waals surface area (Å²) in [4.78, 5) is 6.74. The first-order chi connectivity index (χ1) is 10.9. The lowest BCUT2D eigenvalue weighted by Gasteiger charge is -2.31. The quantitative estimate of drug-likeness (QED) is 0.789. The Hall–Kier alpha value is -2.23. The molecule has 0 amide bonds. The fourth-order valence-electron chi connectivity index (χ4n) is 2.51. The zero-order chi connectivity index (χ0) is 15.2. The number of nitriles is 1. The van der Waals surface area contributed by atoms with Crippen molar-refractivity contribution in [3.05, 3.63) is 36.2 Å². The summed E-state index contributed by atoms with van der Waals surface area (Å²) in [5.74, 6) is 1.10. The summed E-state index contributed by atoms with van der Waals surface area (Å²) < 4.78 is 11.1. The van der Waals surface area contributed by atoms with Crippen LogP contribution in [0.5, 0.6) is 0 Å². The molecule has 0 unspecified atom stereocenters. The molecule has 22 heavy (non-hydrogen) atoms. The number of hydrogen-bond donors (Lipinski definition) is 0. The zero-order valence-corrected chi connectivity index (χ0v) is 12.3. The second kappa shape index (κ2) is 7.16. The van der Waals surface area contributed by atoms with E-state index >= 15 is 0 Å². The lowest BCUT2D eigenvalue weighted by atomic mass is 10.2. The summed E-state index contributed by atoms with van der Waals surface area (Å²) in [5, 5.41) is 12.7. The molecule has 1 aromatic heterocycles. The van der Waals surface area contributed by atoms with Gasteiger partial charge in [-0.15, -0.1) is 0 Å². The van der Waals surface area contributed by atoms with Gasteiger partial charge in [-0.05, 0) is 25.1 Å². The van der Waals surface area contributed by atoms with Crippen molar-refractivity contribution in [3.8, 4) is 17.5 Å². The maximum absolute atomic E-state index is 8.61. The van der Waals surface area contributed by atoms with Crippen molar-refractivity contribution in [1.82, 2.24) is 15.0 Å². The van der Waals surface area contributed by atoms with Crippen LogP contribution in [0.25, 0.3) is 11.5 Å². The van der Waals surface area contributed by atoms with Crippen LogP contribution in [-0.2, 0) is 4.74 Å². The molecule has 6 nitrogen and oxygen atoms in total. The van der Waals surface area contributed by atoms with Gasteiger partial charge in [-0.2, -0.15) is 10.2 Å². The van der Waals surface area contributed by atoms with Crippen LogP contribution in [0.4, 0.5) is 0 Å². The Bertz CT molecular complexity index is 635. The fourth-order valence-corrected chi connectivity index (χ4v) is 2.51. The van der Waals surface area contributed by atoms with E-state index in [1.54, 1.807) is 0 Å². The fraction of sp³-hybridized carbons (Fsp3) is 0.438. The van der Waals surface area contributed by atoms with Gasteiger partial charge < -0.3 is 9.26 Å². The Morgan fingerprint density at radius 3 is 3.00 bits per heavy atom. The number of ether oxygens (including phenoxy) is 1. The van der Waals surface area contributed by atoms with E-state index in [0.717, 1.165) is 31.6 Å². The molecule has 1 aromatic carbocycles. The summed E-state index contributed by atoms with van der Waals surface area (Å²) in [6.07, 6.45) is 1.30. The molecule has 1 aliphatic heterocycles. The van der Waals surface area contributed by atoms with Crippen molar-refractivity contribution in [1.29, 1.82) is 5.26 Å². The molecular weight excluding hydrogens is 280 g/mol. The van der Waals surface area contributed by atoms with Crippen LogP contribution in [0.3, 0.4) is 0 Å². The Morgan fingerprint density at radius 1 is 1.32 bits per heavy atom. The SMILES string of the molecule is N#CCCCN1CCO[C@@H](c2noc(-c3ccccc3)n2)C1. The van der Waals surface area contributed by atoms with Crippen molar-refractivity contribution in [2.45, 2.75) is 18.9 Å². The average Bonchev–Trinajstić information content (AvgIpc) is 3.06. The minimum atomic E-state index is -0.169. The van der Waals surface area contributed by atoms with Crippen LogP contribution in [0, 0.1) is 11.3 Å². The molecule has 0 N–H and O–H groups in total. The first kappa shape index (κ1) is 14.7. The number of unbranched alkanes of at least 4 members (excludes halogenated alkanes) is 1. The minimum Gasteiger partial charge on any atom is -0.367 e. The third-order valence-corrected chi connectivity index (χ3v) is 3.66. The molecule has 1 saturated heterocycles. The summed E-state index contributed by atoms with van der Waals surface area (Å²) in [5.41, 5.74) is 0.905. The van der Waals surface area contributed by atoms with E-state index in [0.29, 0.717) is 24.7 Å². The average molecular weight is 298 g/mol. The molecule has 6 heteroatoms. The summed E-state index contributed by atoms with van der Waals surface area (Å²) in [6, 6.07) is 11.9. The van der Waals surface area contributed by atoms with Gasteiger partial charge in [0, 0.05) is 25.1 Å². The normalized spacial score (nSPS) is 19.0. The maximum Gasteiger partial charge on any atom is 0.258 e. The Labute approximate surface area is 129 Å². The van der Waals surface area contributed by atoms with E-state index < -0.39 is 0 Å². The van der Waals surface area contributed by atoms with Crippen molar-refractivity contribution in [3.63, 3.8) is 0 Å². The third kappa shape index (κ3) is 3.50. The van der Waals surface area contributed by atoms with Crippen molar-refractivity contribution < 1.29 is 9.26 Å². The first-order valence-corrected chi connectivity index (χ1v) is 7.47. The van der Waals surface area contributed by atoms with E-state index in [1.165, 1.54) is 0 Å². The molecule has 0 spiro atoms. The van der Waals surface area contributed by atoms with Crippen LogP contribution in [-0.4, -0.2) is 41.3 Å². The highest BCUT2D eigenvalue weighted by Gasteiger charge is 2.26. The van der Waals surface area contributed by atoms with Gasteiger partial charge in [0.25, 0.3) is 5.89 Å². The van der Waals surface area contributed by atoms with Crippen LogP contribution in [0.1, 0.15) is 24.8 Å². The standard InChI is InChI=1S/C16H18N4O2/c17-8-4-5-9-20-10-11-21-14(12-20)15-18-16(22-19-15)13-6-2-1-3-7-13/h1-3,6-7,14H,4-5,9-12H2/t14-/m1/s1. The van der Waals surface area contributed by atoms with Gasteiger partial charge in [0.05, 0.1) is 12.7 Å². The lowest BCUT2D eigenvalue weighted by molar-refractivity contribution is -0.0353.